The minimum atomic E-state index is -0.957. The van der Waals surface area contributed by atoms with Crippen LogP contribution in [0.4, 0.5) is 0 Å². The maximum Gasteiger partial charge on any atom is 0.309 e. The van der Waals surface area contributed by atoms with E-state index in [0.29, 0.717) is 25.0 Å². The molecule has 2 N–H and O–H groups in total. The highest BCUT2D eigenvalue weighted by molar-refractivity contribution is 14.1. The first-order valence-electron chi connectivity index (χ1n) is 12.9. The fourth-order valence-corrected chi connectivity index (χ4v) is 5.90. The molecule has 3 fully saturated rings. The molecule has 200 valence electrons. The molecule has 1 aromatic carbocycles. The van der Waals surface area contributed by atoms with Crippen LogP contribution in [0.1, 0.15) is 77.2 Å². The summed E-state index contributed by atoms with van der Waals surface area (Å²) in [5, 5.41) is 19.5. The van der Waals surface area contributed by atoms with Gasteiger partial charge in [0.05, 0.1) is 35.2 Å². The van der Waals surface area contributed by atoms with Gasteiger partial charge < -0.3 is 29.2 Å². The van der Waals surface area contributed by atoms with Gasteiger partial charge in [0.25, 0.3) is 0 Å². The molecule has 36 heavy (non-hydrogen) atoms. The van der Waals surface area contributed by atoms with Crippen molar-refractivity contribution < 1.29 is 38.7 Å². The van der Waals surface area contributed by atoms with Crippen molar-refractivity contribution in [2.24, 2.45) is 5.41 Å². The number of unbranched alkanes of at least 4 members (excludes halogenated alkanes) is 1. The molecule has 0 aliphatic carbocycles. The Kier molecular flexibility index (Phi) is 8.84. The largest absolute Gasteiger partial charge is 0.507 e. The Morgan fingerprint density at radius 2 is 1.81 bits per heavy atom. The van der Waals surface area contributed by atoms with E-state index in [-0.39, 0.29) is 36.6 Å². The van der Waals surface area contributed by atoms with Crippen LogP contribution in [0.5, 0.6) is 5.75 Å². The maximum atomic E-state index is 12.7. The highest BCUT2D eigenvalue weighted by Gasteiger charge is 2.57. The monoisotopic (exact) mass is 616 g/mol. The van der Waals surface area contributed by atoms with Crippen molar-refractivity contribution in [1.82, 2.24) is 0 Å². The fourth-order valence-electron chi connectivity index (χ4n) is 5.56. The molecule has 1 aromatic rings. The molecular weight excluding hydrogens is 579 g/mol. The lowest BCUT2D eigenvalue weighted by Gasteiger charge is -2.56. The summed E-state index contributed by atoms with van der Waals surface area (Å²) in [6.07, 6.45) is 4.09. The average Bonchev–Trinajstić information content (AvgIpc) is 2.80. The fraction of sp³-hybridized carbons (Fsp3) is 0.704. The second kappa shape index (κ2) is 11.5. The topological polar surface area (TPSA) is 112 Å². The van der Waals surface area contributed by atoms with Crippen LogP contribution in [0.15, 0.2) is 18.2 Å². The number of phenols is 1. The quantitative estimate of drug-likeness (QED) is 0.275. The zero-order valence-electron chi connectivity index (χ0n) is 21.0. The molecule has 0 radical (unpaired) electrons. The number of hydrogen-bond acceptors (Lipinski definition) is 8. The van der Waals surface area contributed by atoms with Gasteiger partial charge in [0.2, 0.25) is 0 Å². The lowest BCUT2D eigenvalue weighted by Crippen LogP contribution is -2.61. The van der Waals surface area contributed by atoms with Crippen molar-refractivity contribution in [3.05, 3.63) is 27.3 Å². The van der Waals surface area contributed by atoms with Crippen molar-refractivity contribution in [3.63, 3.8) is 0 Å². The van der Waals surface area contributed by atoms with Crippen LogP contribution < -0.4 is 0 Å². The molecule has 0 aromatic heterocycles. The third kappa shape index (κ3) is 6.52. The van der Waals surface area contributed by atoms with Crippen LogP contribution in [-0.4, -0.2) is 59.0 Å². The first-order valence-corrected chi connectivity index (χ1v) is 14.0. The molecule has 1 spiro atoms. The summed E-state index contributed by atoms with van der Waals surface area (Å²) >= 11 is 2.11. The molecule has 3 bridgehead atoms. The number of cyclic esters (lactones) is 1. The predicted octanol–water partition coefficient (Wildman–Crippen LogP) is 4.40. The maximum absolute atomic E-state index is 12.7. The van der Waals surface area contributed by atoms with E-state index in [9.17, 15) is 19.8 Å². The number of carbonyl (C=O) groups excluding carboxylic acids is 2. The second-order valence-corrected chi connectivity index (χ2v) is 12.1. The minimum absolute atomic E-state index is 0.0604. The molecule has 5 atom stereocenters. The zero-order chi connectivity index (χ0) is 25.9. The van der Waals surface area contributed by atoms with Gasteiger partial charge in [-0.25, -0.2) is 0 Å². The number of aliphatic hydroxyl groups excluding tert-OH is 1. The molecule has 3 aliphatic heterocycles. The summed E-state index contributed by atoms with van der Waals surface area (Å²) in [7, 11) is 0. The summed E-state index contributed by atoms with van der Waals surface area (Å²) in [5.74, 6) is -1.64. The van der Waals surface area contributed by atoms with Crippen LogP contribution in [0.3, 0.4) is 0 Å². The Morgan fingerprint density at radius 3 is 2.56 bits per heavy atom. The van der Waals surface area contributed by atoms with Crippen molar-refractivity contribution >= 4 is 34.5 Å². The van der Waals surface area contributed by atoms with E-state index < -0.39 is 30.4 Å². The molecular formula is C27H37IO8. The lowest BCUT2D eigenvalue weighted by atomic mass is 9.71. The van der Waals surface area contributed by atoms with Crippen molar-refractivity contribution in [3.8, 4) is 5.75 Å². The molecule has 9 heteroatoms. The summed E-state index contributed by atoms with van der Waals surface area (Å²) in [5.41, 5.74) is 0.771. The number of ether oxygens (including phenoxy) is 4. The molecule has 3 aliphatic rings. The van der Waals surface area contributed by atoms with Gasteiger partial charge in [-0.3, -0.25) is 9.59 Å². The number of carbonyl (C=O) groups is 2. The number of phenolic OH excluding ortho intramolecular Hbond substituents is 1. The van der Waals surface area contributed by atoms with Gasteiger partial charge in [0.15, 0.2) is 5.79 Å². The van der Waals surface area contributed by atoms with Crippen LogP contribution in [0, 0.1) is 8.99 Å². The third-order valence-corrected chi connectivity index (χ3v) is 8.61. The zero-order valence-corrected chi connectivity index (χ0v) is 23.2. The first kappa shape index (κ1) is 27.6. The number of esters is 2. The van der Waals surface area contributed by atoms with E-state index in [2.05, 4.69) is 36.4 Å². The van der Waals surface area contributed by atoms with Crippen LogP contribution in [-0.2, 0) is 35.0 Å². The molecule has 0 amide bonds. The van der Waals surface area contributed by atoms with Crippen LogP contribution in [0.2, 0.25) is 0 Å². The number of aliphatic hydroxyl groups is 1. The van der Waals surface area contributed by atoms with Crippen LogP contribution >= 0.6 is 22.6 Å². The number of halogens is 1. The van der Waals surface area contributed by atoms with Crippen molar-refractivity contribution in [1.29, 1.82) is 0 Å². The normalized spacial score (nSPS) is 32.6. The Labute approximate surface area is 226 Å². The number of fused-ring (bicyclic) bond motifs is 2. The van der Waals surface area contributed by atoms with Gasteiger partial charge >= 0.3 is 11.9 Å². The lowest BCUT2D eigenvalue weighted by molar-refractivity contribution is -0.373. The Bertz CT molecular complexity index is 946. The van der Waals surface area contributed by atoms with Crippen molar-refractivity contribution in [2.45, 2.75) is 108 Å². The highest BCUT2D eigenvalue weighted by Crippen LogP contribution is 2.52. The predicted molar refractivity (Wildman–Crippen MR) is 139 cm³/mol. The van der Waals surface area contributed by atoms with Gasteiger partial charge in [-0.1, -0.05) is 26.3 Å². The van der Waals surface area contributed by atoms with E-state index in [0.717, 1.165) is 41.2 Å². The smallest absolute Gasteiger partial charge is 0.309 e. The summed E-state index contributed by atoms with van der Waals surface area (Å²) in [6.45, 7) is 3.79. The SMILES string of the molecule is CC1(C)CC[C@@H]2CC(=O)O[C@@H](CO)CC(=O)O[C@@H]3C[C@@H](CCCCc4ccc(I)c(O)c4)O[C@@]1(C3)O2. The number of aromatic hydroxyl groups is 1. The third-order valence-electron chi connectivity index (χ3n) is 7.70. The molecule has 0 unspecified atom stereocenters. The molecule has 8 nitrogen and oxygen atoms in total. The molecule has 0 saturated carbocycles. The number of hydrogen-bond donors (Lipinski definition) is 2. The standard InChI is InChI=1S/C27H37IO8/c1-26(2)10-9-19-13-24(31)34-21(16-29)14-25(32)33-20-12-18(35-27(26,15-20)36-19)6-4-3-5-17-7-8-22(28)23(30)11-17/h7-8,11,18-21,29-30H,3-6,9-10,12-16H2,1-2H3/t18-,19-,20-,21-,27+/m1/s1. The van der Waals surface area contributed by atoms with Crippen LogP contribution in [0.25, 0.3) is 0 Å². The first-order chi connectivity index (χ1) is 17.1. The number of benzene rings is 1. The van der Waals surface area contributed by atoms with E-state index in [4.69, 9.17) is 18.9 Å². The van der Waals surface area contributed by atoms with Gasteiger partial charge in [-0.05, 0) is 72.4 Å². The number of rotatable bonds is 6. The summed E-state index contributed by atoms with van der Waals surface area (Å²) in [4.78, 5) is 25.1. The highest BCUT2D eigenvalue weighted by atomic mass is 127. The average molecular weight is 616 g/mol. The van der Waals surface area contributed by atoms with Crippen molar-refractivity contribution in [2.75, 3.05) is 6.61 Å². The second-order valence-electron chi connectivity index (χ2n) is 10.9. The Balaban J connectivity index is 1.47. The molecule has 3 saturated heterocycles. The summed E-state index contributed by atoms with van der Waals surface area (Å²) in [6, 6.07) is 5.77. The van der Waals surface area contributed by atoms with Gasteiger partial charge in [-0.15, -0.1) is 0 Å². The van der Waals surface area contributed by atoms with Gasteiger partial charge in [-0.2, -0.15) is 0 Å². The van der Waals surface area contributed by atoms with E-state index in [1.54, 1.807) is 0 Å². The number of aryl methyl sites for hydroxylation is 1. The van der Waals surface area contributed by atoms with Gasteiger partial charge in [0, 0.05) is 18.3 Å². The Morgan fingerprint density at radius 1 is 1.03 bits per heavy atom. The van der Waals surface area contributed by atoms with Gasteiger partial charge in [0.1, 0.15) is 18.0 Å². The Hall–Kier alpha value is -1.43. The minimum Gasteiger partial charge on any atom is -0.507 e. The van der Waals surface area contributed by atoms with E-state index >= 15 is 0 Å². The van der Waals surface area contributed by atoms with E-state index in [1.807, 2.05) is 18.2 Å². The molecule has 3 heterocycles. The van der Waals surface area contributed by atoms with E-state index in [1.165, 1.54) is 0 Å². The molecule has 4 rings (SSSR count). The summed E-state index contributed by atoms with van der Waals surface area (Å²) < 4.78 is 25.2.